The molecule has 1 N–H and O–H groups in total. The van der Waals surface area contributed by atoms with Gasteiger partial charge in [0.15, 0.2) is 0 Å². The molecule has 7 nitrogen and oxygen atoms in total. The number of nitrogens with zero attached hydrogens (tertiary/aromatic N) is 2. The van der Waals surface area contributed by atoms with Gasteiger partial charge in [0.25, 0.3) is 0 Å². The summed E-state index contributed by atoms with van der Waals surface area (Å²) in [6, 6.07) is 0. The minimum Gasteiger partial charge on any atom is -0.477 e. The van der Waals surface area contributed by atoms with E-state index in [1.165, 1.54) is 22.4 Å². The third-order valence-corrected chi connectivity index (χ3v) is 3.64. The predicted molar refractivity (Wildman–Crippen MR) is 80.4 cm³/mol. The lowest BCUT2D eigenvalue weighted by atomic mass is 10.1. The van der Waals surface area contributed by atoms with Crippen molar-refractivity contribution in [3.05, 3.63) is 45.9 Å². The van der Waals surface area contributed by atoms with E-state index in [4.69, 9.17) is 4.74 Å². The van der Waals surface area contributed by atoms with Crippen molar-refractivity contribution in [1.29, 1.82) is 0 Å². The van der Waals surface area contributed by atoms with Crippen molar-refractivity contribution in [3.63, 3.8) is 0 Å². The molecule has 0 atom stereocenters. The smallest absolute Gasteiger partial charge is 0.341 e. The standard InChI is InChI=1S/C15H16N2O5/c1-5-6-17-7-9(14(19)20)13(18)12-11(17)10(15(21)22-4)8(2)16(12)3/h5,7H,1,6H2,2-4H3,(H,19,20). The molecule has 0 aromatic carbocycles. The van der Waals surface area contributed by atoms with Crippen LogP contribution in [0.1, 0.15) is 26.4 Å². The van der Waals surface area contributed by atoms with Gasteiger partial charge in [-0.25, -0.2) is 9.59 Å². The Kier molecular flexibility index (Phi) is 3.90. The van der Waals surface area contributed by atoms with Gasteiger partial charge in [-0.1, -0.05) is 6.08 Å². The van der Waals surface area contributed by atoms with Crippen molar-refractivity contribution < 1.29 is 19.4 Å². The average molecular weight is 304 g/mol. The van der Waals surface area contributed by atoms with E-state index in [0.717, 1.165) is 0 Å². The van der Waals surface area contributed by atoms with Gasteiger partial charge in [-0.05, 0) is 6.92 Å². The highest BCUT2D eigenvalue weighted by Crippen LogP contribution is 2.24. The van der Waals surface area contributed by atoms with E-state index >= 15 is 0 Å². The molecule has 0 aliphatic carbocycles. The van der Waals surface area contributed by atoms with Crippen LogP contribution in [-0.2, 0) is 18.3 Å². The second-order valence-corrected chi connectivity index (χ2v) is 4.83. The maximum absolute atomic E-state index is 12.4. The molecule has 0 amide bonds. The quantitative estimate of drug-likeness (QED) is 0.679. The molecule has 0 spiro atoms. The van der Waals surface area contributed by atoms with E-state index in [9.17, 15) is 19.5 Å². The van der Waals surface area contributed by atoms with Crippen LogP contribution in [0.3, 0.4) is 0 Å². The van der Waals surface area contributed by atoms with E-state index in [1.54, 1.807) is 20.0 Å². The lowest BCUT2D eigenvalue weighted by Crippen LogP contribution is -2.20. The molecule has 2 aromatic rings. The van der Waals surface area contributed by atoms with Crippen LogP contribution in [-0.4, -0.2) is 33.3 Å². The Morgan fingerprint density at radius 1 is 1.41 bits per heavy atom. The molecule has 2 rings (SSSR count). The van der Waals surface area contributed by atoms with Gasteiger partial charge < -0.3 is 19.0 Å². The van der Waals surface area contributed by atoms with Crippen molar-refractivity contribution in [2.45, 2.75) is 13.5 Å². The number of aromatic carboxylic acids is 1. The van der Waals surface area contributed by atoms with Crippen molar-refractivity contribution in [3.8, 4) is 0 Å². The molecule has 0 fully saturated rings. The highest BCUT2D eigenvalue weighted by Gasteiger charge is 2.26. The van der Waals surface area contributed by atoms with Gasteiger partial charge in [-0.3, -0.25) is 4.79 Å². The maximum atomic E-state index is 12.4. The highest BCUT2D eigenvalue weighted by molar-refractivity contribution is 6.05. The number of carboxylic acids is 1. The first-order valence-corrected chi connectivity index (χ1v) is 6.50. The summed E-state index contributed by atoms with van der Waals surface area (Å²) >= 11 is 0. The fourth-order valence-corrected chi connectivity index (χ4v) is 2.51. The third-order valence-electron chi connectivity index (χ3n) is 3.64. The van der Waals surface area contributed by atoms with Crippen LogP contribution in [0.4, 0.5) is 0 Å². The Labute approximate surface area is 126 Å². The molecule has 0 unspecified atom stereocenters. The Bertz CT molecular complexity index is 857. The minimum absolute atomic E-state index is 0.152. The van der Waals surface area contributed by atoms with Crippen molar-refractivity contribution >= 4 is 23.0 Å². The van der Waals surface area contributed by atoms with Gasteiger partial charge in [0.2, 0.25) is 5.43 Å². The van der Waals surface area contributed by atoms with E-state index in [-0.39, 0.29) is 23.2 Å². The molecular formula is C15H16N2O5. The number of aromatic nitrogens is 2. The molecule has 0 saturated carbocycles. The van der Waals surface area contributed by atoms with Crippen LogP contribution in [0.5, 0.6) is 0 Å². The number of allylic oxidation sites excluding steroid dienone is 1. The highest BCUT2D eigenvalue weighted by atomic mass is 16.5. The summed E-state index contributed by atoms with van der Waals surface area (Å²) in [6.45, 7) is 5.54. The summed E-state index contributed by atoms with van der Waals surface area (Å²) < 4.78 is 7.81. The Morgan fingerprint density at radius 3 is 2.55 bits per heavy atom. The zero-order valence-corrected chi connectivity index (χ0v) is 12.5. The van der Waals surface area contributed by atoms with Crippen LogP contribution in [0.15, 0.2) is 23.6 Å². The van der Waals surface area contributed by atoms with E-state index < -0.39 is 17.4 Å². The number of esters is 1. The number of methoxy groups -OCH3 is 1. The summed E-state index contributed by atoms with van der Waals surface area (Å²) in [4.78, 5) is 35.8. The van der Waals surface area contributed by atoms with Crippen LogP contribution >= 0.6 is 0 Å². The molecule has 22 heavy (non-hydrogen) atoms. The van der Waals surface area contributed by atoms with Gasteiger partial charge in [0.05, 0.1) is 12.6 Å². The third kappa shape index (κ3) is 2.11. The second kappa shape index (κ2) is 5.51. The number of rotatable bonds is 4. The molecule has 0 saturated heterocycles. The molecule has 2 heterocycles. The fourth-order valence-electron chi connectivity index (χ4n) is 2.51. The van der Waals surface area contributed by atoms with Gasteiger partial charge in [-0.15, -0.1) is 6.58 Å². The largest absolute Gasteiger partial charge is 0.477 e. The molecule has 116 valence electrons. The number of pyridine rings is 1. The summed E-state index contributed by atoms with van der Waals surface area (Å²) in [5.74, 6) is -1.90. The molecule has 0 aliphatic rings. The zero-order chi connectivity index (χ0) is 16.6. The molecule has 0 radical (unpaired) electrons. The first-order valence-electron chi connectivity index (χ1n) is 6.50. The normalized spacial score (nSPS) is 10.7. The zero-order valence-electron chi connectivity index (χ0n) is 12.5. The molecule has 2 aromatic heterocycles. The minimum atomic E-state index is -1.32. The molecular weight excluding hydrogens is 288 g/mol. The van der Waals surface area contributed by atoms with Crippen molar-refractivity contribution in [2.24, 2.45) is 7.05 Å². The summed E-state index contributed by atoms with van der Waals surface area (Å²) in [5.41, 5.74) is 0.284. The lowest BCUT2D eigenvalue weighted by molar-refractivity contribution is 0.0600. The summed E-state index contributed by atoms with van der Waals surface area (Å²) in [7, 11) is 2.86. The number of carbonyl (C=O) groups is 2. The van der Waals surface area contributed by atoms with Gasteiger partial charge in [0.1, 0.15) is 16.6 Å². The van der Waals surface area contributed by atoms with E-state index in [1.807, 2.05) is 0 Å². The van der Waals surface area contributed by atoms with Crippen LogP contribution in [0.2, 0.25) is 0 Å². The van der Waals surface area contributed by atoms with E-state index in [0.29, 0.717) is 11.2 Å². The predicted octanol–water partition coefficient (Wildman–Crippen LogP) is 1.32. The Hall–Kier alpha value is -2.83. The number of hydrogen-bond donors (Lipinski definition) is 1. The van der Waals surface area contributed by atoms with Crippen LogP contribution in [0, 0.1) is 6.92 Å². The molecule has 0 bridgehead atoms. The second-order valence-electron chi connectivity index (χ2n) is 4.83. The van der Waals surface area contributed by atoms with Crippen molar-refractivity contribution in [1.82, 2.24) is 9.13 Å². The number of hydrogen-bond acceptors (Lipinski definition) is 4. The SMILES string of the molecule is C=CCn1cc(C(=O)O)c(=O)c2c1c(C(=O)OC)c(C)n2C. The number of aryl methyl sites for hydroxylation is 1. The van der Waals surface area contributed by atoms with Gasteiger partial charge >= 0.3 is 11.9 Å². The Morgan fingerprint density at radius 2 is 2.05 bits per heavy atom. The summed E-state index contributed by atoms with van der Waals surface area (Å²) in [5, 5.41) is 9.20. The van der Waals surface area contributed by atoms with Gasteiger partial charge in [-0.2, -0.15) is 0 Å². The number of carboxylic acid groups (broad SMARTS) is 1. The number of fused-ring (bicyclic) bond motifs is 1. The monoisotopic (exact) mass is 304 g/mol. The molecule has 7 heteroatoms. The fraction of sp³-hybridized carbons (Fsp3) is 0.267. The maximum Gasteiger partial charge on any atom is 0.341 e. The lowest BCUT2D eigenvalue weighted by Gasteiger charge is -2.09. The first-order chi connectivity index (χ1) is 10.3. The van der Waals surface area contributed by atoms with Gasteiger partial charge in [0, 0.05) is 25.5 Å². The van der Waals surface area contributed by atoms with Crippen molar-refractivity contribution in [2.75, 3.05) is 7.11 Å². The Balaban J connectivity index is 3.08. The van der Waals surface area contributed by atoms with E-state index in [2.05, 4.69) is 6.58 Å². The number of carbonyl (C=O) groups excluding carboxylic acids is 1. The van der Waals surface area contributed by atoms with Crippen LogP contribution in [0.25, 0.3) is 11.0 Å². The summed E-state index contributed by atoms with van der Waals surface area (Å²) in [6.07, 6.45) is 2.78. The topological polar surface area (TPSA) is 90.5 Å². The molecule has 0 aliphatic heterocycles. The van der Waals surface area contributed by atoms with Crippen LogP contribution < -0.4 is 5.43 Å². The number of ether oxygens (including phenoxy) is 1. The first kappa shape index (κ1) is 15.6. The average Bonchev–Trinajstić information content (AvgIpc) is 2.74.